The lowest BCUT2D eigenvalue weighted by Crippen LogP contribution is -2.61. The fourth-order valence-electron chi connectivity index (χ4n) is 12.2. The van der Waals surface area contributed by atoms with Gasteiger partial charge in [-0.2, -0.15) is 0 Å². The Morgan fingerprint density at radius 2 is 1.10 bits per heavy atom. The molecular weight excluding hydrogens is 836 g/mol. The molecule has 2 aliphatic heterocycles. The Labute approximate surface area is 407 Å². The number of hydrogen-bond donors (Lipinski definition) is 0. The van der Waals surface area contributed by atoms with Crippen LogP contribution < -0.4 is 20.6 Å². The van der Waals surface area contributed by atoms with Gasteiger partial charge in [0.15, 0.2) is 0 Å². The number of hydrogen-bond acceptors (Lipinski definition) is 3. The third kappa shape index (κ3) is 6.48. The Balaban J connectivity index is 1.16. The van der Waals surface area contributed by atoms with Gasteiger partial charge in [0.2, 0.25) is 0 Å². The summed E-state index contributed by atoms with van der Waals surface area (Å²) in [5.74, 6) is 0. The Kier molecular flexibility index (Phi) is 9.01. The molecule has 0 saturated heterocycles. The van der Waals surface area contributed by atoms with Crippen molar-refractivity contribution in [3.05, 3.63) is 198 Å². The van der Waals surface area contributed by atoms with Gasteiger partial charge in [0.25, 0.3) is 0 Å². The molecule has 336 valence electrons. The van der Waals surface area contributed by atoms with Crippen LogP contribution in [-0.2, 0) is 16.2 Å². The van der Waals surface area contributed by atoms with Gasteiger partial charge in [-0.1, -0.05) is 158 Å². The Hall–Kier alpha value is -7.30. The average molecular weight is 893 g/mol. The number of furan rings is 1. The molecule has 3 aliphatic rings. The number of fused-ring (bicyclic) bond motifs is 9. The monoisotopic (exact) mass is 892 g/mol. The molecule has 0 saturated carbocycles. The smallest absolute Gasteiger partial charge is 0.333 e. The quantitative estimate of drug-likeness (QED) is 0.164. The minimum Gasteiger partial charge on any atom is -0.456 e. The maximum atomic E-state index is 7.15. The third-order valence-electron chi connectivity index (χ3n) is 16.1. The van der Waals surface area contributed by atoms with Crippen LogP contribution in [0.4, 0.5) is 28.4 Å². The molecule has 9 aromatic carbocycles. The summed E-state index contributed by atoms with van der Waals surface area (Å²) >= 11 is 0. The number of anilines is 5. The van der Waals surface area contributed by atoms with E-state index in [-0.39, 0.29) is 23.1 Å². The van der Waals surface area contributed by atoms with Gasteiger partial charge >= 0.3 is 6.85 Å². The number of rotatable bonds is 4. The summed E-state index contributed by atoms with van der Waals surface area (Å²) in [5.41, 5.74) is 23.2. The first-order chi connectivity index (χ1) is 33.2. The van der Waals surface area contributed by atoms with Crippen molar-refractivity contribution >= 4 is 78.9 Å². The van der Waals surface area contributed by atoms with Gasteiger partial charge in [0, 0.05) is 50.8 Å². The Bertz CT molecular complexity index is 3720. The molecule has 0 atom stereocenters. The topological polar surface area (TPSA) is 19.6 Å². The van der Waals surface area contributed by atoms with Crippen LogP contribution in [0.2, 0.25) is 0 Å². The summed E-state index contributed by atoms with van der Waals surface area (Å²) in [5, 5.41) is 4.83. The first-order valence-corrected chi connectivity index (χ1v) is 24.9. The van der Waals surface area contributed by atoms with E-state index in [1.807, 2.05) is 0 Å². The van der Waals surface area contributed by atoms with E-state index in [4.69, 9.17) is 4.42 Å². The maximum Gasteiger partial charge on any atom is 0.333 e. The minimum atomic E-state index is -0.161. The zero-order valence-electron chi connectivity index (χ0n) is 41.0. The van der Waals surface area contributed by atoms with E-state index in [2.05, 4.69) is 241 Å². The van der Waals surface area contributed by atoms with E-state index < -0.39 is 0 Å². The molecule has 0 N–H and O–H groups in total. The van der Waals surface area contributed by atoms with Gasteiger partial charge < -0.3 is 14.1 Å². The normalized spacial score (nSPS) is 15.6. The lowest BCUT2D eigenvalue weighted by atomic mass is 9.43. The molecule has 13 rings (SSSR count). The standard InChI is InChI=1S/C65H57BN2O/c1-40-31-45(41-17-11-9-12-18-41)23-28-56(40)67-58-39-61-51(50-36-53-54(38-60(50)69-61)65(7,8)30-29-64(53,5)6)37-55(58)66-62-52(33-46(35-59(62)67)42-19-13-10-14-20-42)49-32-43-21-15-16-22-44(43)34-57(49)68(66)48-26-24-47(25-27-48)63(2,3)4/h9-28,31-39H,29-30H2,1-8H3. The van der Waals surface area contributed by atoms with Crippen LogP contribution >= 0.6 is 0 Å². The summed E-state index contributed by atoms with van der Waals surface area (Å²) in [6, 6.07) is 66.6. The van der Waals surface area contributed by atoms with Gasteiger partial charge in [-0.05, 0) is 168 Å². The summed E-state index contributed by atoms with van der Waals surface area (Å²) in [6.07, 6.45) is 2.31. The van der Waals surface area contributed by atoms with Crippen molar-refractivity contribution in [3.8, 4) is 33.4 Å². The van der Waals surface area contributed by atoms with Crippen LogP contribution in [0.5, 0.6) is 0 Å². The van der Waals surface area contributed by atoms with Gasteiger partial charge in [0.1, 0.15) is 11.2 Å². The Morgan fingerprint density at radius 1 is 0.493 bits per heavy atom. The molecule has 1 aliphatic carbocycles. The van der Waals surface area contributed by atoms with E-state index in [1.165, 1.54) is 105 Å². The number of aryl methyl sites for hydroxylation is 1. The second kappa shape index (κ2) is 14.9. The van der Waals surface area contributed by atoms with Crippen LogP contribution in [-0.4, -0.2) is 6.85 Å². The van der Waals surface area contributed by atoms with Crippen LogP contribution in [0.25, 0.3) is 66.1 Å². The molecule has 3 heterocycles. The van der Waals surface area contributed by atoms with Crippen molar-refractivity contribution in [2.45, 2.75) is 84.5 Å². The SMILES string of the molecule is Cc1cc(-c2ccccc2)ccc1N1c2cc3oc4cc5c(cc4c3cc2B2c3c(cc(-c4ccccc4)cc31)-c1cc3ccccc3cc1N2c1ccc(C(C)(C)C)cc1)C(C)(C)CCC5(C)C. The first-order valence-electron chi connectivity index (χ1n) is 24.9. The van der Waals surface area contributed by atoms with E-state index in [1.54, 1.807) is 0 Å². The van der Waals surface area contributed by atoms with E-state index in [0.29, 0.717) is 0 Å². The summed E-state index contributed by atoms with van der Waals surface area (Å²) in [4.78, 5) is 5.23. The fourth-order valence-corrected chi connectivity index (χ4v) is 12.2. The maximum absolute atomic E-state index is 7.15. The largest absolute Gasteiger partial charge is 0.456 e. The molecule has 4 heteroatoms. The number of nitrogens with zero attached hydrogens (tertiary/aromatic N) is 2. The molecule has 0 radical (unpaired) electrons. The molecule has 0 bridgehead atoms. The van der Waals surface area contributed by atoms with Crippen molar-refractivity contribution in [2.24, 2.45) is 0 Å². The molecule has 10 aromatic rings. The molecule has 0 fully saturated rings. The lowest BCUT2D eigenvalue weighted by Gasteiger charge is -2.46. The molecular formula is C65H57BN2O. The molecule has 0 unspecified atom stereocenters. The van der Waals surface area contributed by atoms with E-state index >= 15 is 0 Å². The highest BCUT2D eigenvalue weighted by Gasteiger charge is 2.46. The highest BCUT2D eigenvalue weighted by Crippen LogP contribution is 2.52. The molecule has 1 aromatic heterocycles. The fraction of sp³-hybridized carbons (Fsp3) is 0.200. The van der Waals surface area contributed by atoms with Gasteiger partial charge in [-0.15, -0.1) is 0 Å². The minimum absolute atomic E-state index is 0.0188. The third-order valence-corrected chi connectivity index (χ3v) is 16.1. The molecule has 0 spiro atoms. The van der Waals surface area contributed by atoms with Gasteiger partial charge in [-0.25, -0.2) is 0 Å². The zero-order chi connectivity index (χ0) is 47.1. The predicted molar refractivity (Wildman–Crippen MR) is 295 cm³/mol. The second-order valence-electron chi connectivity index (χ2n) is 22.5. The molecule has 69 heavy (non-hydrogen) atoms. The Morgan fingerprint density at radius 3 is 1.77 bits per heavy atom. The first kappa shape index (κ1) is 41.9. The summed E-state index contributed by atoms with van der Waals surface area (Å²) in [6.45, 7) is 18.7. The second-order valence-corrected chi connectivity index (χ2v) is 22.5. The van der Waals surface area contributed by atoms with Gasteiger partial charge in [-0.3, -0.25) is 0 Å². The van der Waals surface area contributed by atoms with Crippen molar-refractivity contribution in [2.75, 3.05) is 9.71 Å². The molecule has 0 amide bonds. The molecule has 3 nitrogen and oxygen atoms in total. The van der Waals surface area contributed by atoms with Crippen LogP contribution in [0.15, 0.2) is 180 Å². The van der Waals surface area contributed by atoms with Crippen molar-refractivity contribution < 1.29 is 4.42 Å². The predicted octanol–water partition coefficient (Wildman–Crippen LogP) is 16.7. The highest BCUT2D eigenvalue weighted by molar-refractivity contribution is 6.93. The average Bonchev–Trinajstić information content (AvgIpc) is 3.71. The summed E-state index contributed by atoms with van der Waals surface area (Å²) in [7, 11) is 0. The lowest BCUT2D eigenvalue weighted by molar-refractivity contribution is 0.332. The van der Waals surface area contributed by atoms with Crippen molar-refractivity contribution in [1.29, 1.82) is 0 Å². The van der Waals surface area contributed by atoms with Crippen LogP contribution in [0.1, 0.15) is 83.6 Å². The zero-order valence-corrected chi connectivity index (χ0v) is 41.0. The van der Waals surface area contributed by atoms with Gasteiger partial charge in [0.05, 0.1) is 0 Å². The van der Waals surface area contributed by atoms with Crippen LogP contribution in [0.3, 0.4) is 0 Å². The number of benzene rings is 9. The van der Waals surface area contributed by atoms with Crippen molar-refractivity contribution in [1.82, 2.24) is 0 Å². The van der Waals surface area contributed by atoms with E-state index in [9.17, 15) is 0 Å². The van der Waals surface area contributed by atoms with Crippen LogP contribution in [0, 0.1) is 6.92 Å². The summed E-state index contributed by atoms with van der Waals surface area (Å²) < 4.78 is 7.15. The van der Waals surface area contributed by atoms with Crippen molar-refractivity contribution in [3.63, 3.8) is 0 Å². The van der Waals surface area contributed by atoms with E-state index in [0.717, 1.165) is 35.4 Å². The highest BCUT2D eigenvalue weighted by atomic mass is 16.3.